The highest BCUT2D eigenvalue weighted by Gasteiger charge is 2.26. The van der Waals surface area contributed by atoms with Crippen molar-refractivity contribution in [1.82, 2.24) is 20.5 Å². The smallest absolute Gasteiger partial charge is 0.337 e. The van der Waals surface area contributed by atoms with Crippen molar-refractivity contribution in [2.45, 2.75) is 40.2 Å². The molecule has 0 bridgehead atoms. The zero-order chi connectivity index (χ0) is 18.6. The van der Waals surface area contributed by atoms with Crippen LogP contribution in [-0.4, -0.2) is 48.6 Å². The number of nitrogens with one attached hydrogen (secondary N) is 2. The molecule has 0 spiro atoms. The Morgan fingerprint density at radius 2 is 2.16 bits per heavy atom. The van der Waals surface area contributed by atoms with E-state index in [4.69, 9.17) is 4.74 Å². The van der Waals surface area contributed by atoms with Crippen molar-refractivity contribution in [3.8, 4) is 0 Å². The molecular weight excluding hydrogens is 340 g/mol. The Morgan fingerprint density at radius 1 is 1.44 bits per heavy atom. The number of aromatic nitrogens is 1. The topological polar surface area (TPSA) is 83.6 Å². The maximum atomic E-state index is 12.1. The van der Waals surface area contributed by atoms with Crippen LogP contribution in [0.15, 0.2) is 11.3 Å². The first-order chi connectivity index (χ1) is 11.9. The second-order valence-electron chi connectivity index (χ2n) is 5.99. The molecule has 2 heterocycles. The van der Waals surface area contributed by atoms with Gasteiger partial charge in [0, 0.05) is 23.2 Å². The highest BCUT2D eigenvalue weighted by atomic mass is 32.1. The predicted octanol–water partition coefficient (Wildman–Crippen LogP) is 2.14. The van der Waals surface area contributed by atoms with Gasteiger partial charge in [0.2, 0.25) is 0 Å². The van der Waals surface area contributed by atoms with Crippen LogP contribution in [0.2, 0.25) is 0 Å². The molecule has 0 saturated carbocycles. The molecule has 8 heteroatoms. The van der Waals surface area contributed by atoms with Gasteiger partial charge in [0.1, 0.15) is 0 Å². The fourth-order valence-electron chi connectivity index (χ4n) is 2.67. The van der Waals surface area contributed by atoms with Gasteiger partial charge >= 0.3 is 12.0 Å². The third-order valence-electron chi connectivity index (χ3n) is 4.20. The summed E-state index contributed by atoms with van der Waals surface area (Å²) in [5.41, 5.74) is 2.10. The number of urea groups is 1. The number of aryl methyl sites for hydroxylation is 2. The average Bonchev–Trinajstić information content (AvgIpc) is 2.95. The van der Waals surface area contributed by atoms with Gasteiger partial charge < -0.3 is 15.4 Å². The van der Waals surface area contributed by atoms with E-state index in [-0.39, 0.29) is 18.6 Å². The zero-order valence-electron chi connectivity index (χ0n) is 15.4. The Hall–Kier alpha value is -1.93. The van der Waals surface area contributed by atoms with Gasteiger partial charge in [-0.1, -0.05) is 6.92 Å². The predicted molar refractivity (Wildman–Crippen MR) is 97.5 cm³/mol. The van der Waals surface area contributed by atoms with Gasteiger partial charge in [-0.25, -0.2) is 14.6 Å². The zero-order valence-corrected chi connectivity index (χ0v) is 16.2. The summed E-state index contributed by atoms with van der Waals surface area (Å²) in [6.07, 6.45) is 0.918. The number of carbonyl (C=O) groups excluding carboxylic acids is 2. The third kappa shape index (κ3) is 4.58. The van der Waals surface area contributed by atoms with E-state index in [1.807, 2.05) is 14.0 Å². The van der Waals surface area contributed by atoms with Crippen LogP contribution < -0.4 is 10.6 Å². The quantitative estimate of drug-likeness (QED) is 0.723. The molecule has 0 fully saturated rings. The number of nitrogens with zero attached hydrogens (tertiary/aromatic N) is 2. The molecule has 138 valence electrons. The van der Waals surface area contributed by atoms with Crippen LogP contribution in [0.1, 0.15) is 42.4 Å². The molecule has 0 aliphatic carbocycles. The average molecular weight is 366 g/mol. The Bertz CT molecular complexity index is 683. The Labute approximate surface area is 152 Å². The lowest BCUT2D eigenvalue weighted by molar-refractivity contribution is -0.138. The molecule has 2 rings (SSSR count). The molecule has 1 aromatic rings. The fraction of sp³-hybridized carbons (Fsp3) is 0.588. The first kappa shape index (κ1) is 19.4. The normalized spacial score (nSPS) is 15.8. The lowest BCUT2D eigenvalue weighted by atomic mass is 10.1. The van der Waals surface area contributed by atoms with E-state index >= 15 is 0 Å². The van der Waals surface area contributed by atoms with Crippen molar-refractivity contribution >= 4 is 23.3 Å². The lowest BCUT2D eigenvalue weighted by Gasteiger charge is -2.28. The Kier molecular flexibility index (Phi) is 6.55. The summed E-state index contributed by atoms with van der Waals surface area (Å²) in [4.78, 5) is 31.7. The third-order valence-corrected chi connectivity index (χ3v) is 5.68. The minimum absolute atomic E-state index is 0.125. The van der Waals surface area contributed by atoms with Crippen molar-refractivity contribution in [2.75, 3.05) is 26.7 Å². The van der Waals surface area contributed by atoms with Crippen LogP contribution in [0.5, 0.6) is 0 Å². The van der Waals surface area contributed by atoms with Crippen LogP contribution in [-0.2, 0) is 16.0 Å². The molecular formula is C17H26N4O3S. The molecule has 0 aromatic carbocycles. The van der Waals surface area contributed by atoms with E-state index in [0.29, 0.717) is 24.4 Å². The lowest BCUT2D eigenvalue weighted by Crippen LogP contribution is -2.46. The molecule has 0 saturated heterocycles. The SMILES string of the molecule is CCOC(=O)C1=C(CN(C)C(C)c2sc(CC)nc2C)NC(=O)NC1. The second kappa shape index (κ2) is 8.44. The molecule has 25 heavy (non-hydrogen) atoms. The summed E-state index contributed by atoms with van der Waals surface area (Å²) in [5, 5.41) is 6.49. The van der Waals surface area contributed by atoms with Gasteiger partial charge in [-0.15, -0.1) is 11.3 Å². The van der Waals surface area contributed by atoms with Gasteiger partial charge in [0.05, 0.1) is 29.4 Å². The number of likely N-dealkylation sites (N-methyl/N-ethyl adjacent to an activating group) is 1. The van der Waals surface area contributed by atoms with Crippen molar-refractivity contribution in [3.63, 3.8) is 0 Å². The Balaban J connectivity index is 2.19. The minimum Gasteiger partial charge on any atom is -0.463 e. The molecule has 1 unspecified atom stereocenters. The molecule has 1 aliphatic rings. The number of rotatable bonds is 7. The molecule has 2 N–H and O–H groups in total. The molecule has 1 aromatic heterocycles. The fourth-order valence-corrected chi connectivity index (χ4v) is 3.80. The Morgan fingerprint density at radius 3 is 2.76 bits per heavy atom. The monoisotopic (exact) mass is 366 g/mol. The van der Waals surface area contributed by atoms with E-state index in [1.165, 1.54) is 4.88 Å². The second-order valence-corrected chi connectivity index (χ2v) is 7.10. The number of carbonyl (C=O) groups is 2. The van der Waals surface area contributed by atoms with Crippen LogP contribution >= 0.6 is 11.3 Å². The standard InChI is InChI=1S/C17H26N4O3S/c1-6-14-19-10(3)15(25-14)11(4)21(5)9-13-12(16(22)24-7-2)8-18-17(23)20-13/h11H,6-9H2,1-5H3,(H2,18,20,23). The summed E-state index contributed by atoms with van der Waals surface area (Å²) in [7, 11) is 1.97. The number of hydrogen-bond acceptors (Lipinski definition) is 6. The number of esters is 1. The largest absolute Gasteiger partial charge is 0.463 e. The van der Waals surface area contributed by atoms with Gasteiger partial charge in [-0.2, -0.15) is 0 Å². The summed E-state index contributed by atoms with van der Waals surface area (Å²) in [5.74, 6) is -0.395. The van der Waals surface area contributed by atoms with Crippen LogP contribution in [0, 0.1) is 6.92 Å². The highest BCUT2D eigenvalue weighted by molar-refractivity contribution is 7.11. The van der Waals surface area contributed by atoms with Crippen molar-refractivity contribution in [3.05, 3.63) is 26.8 Å². The van der Waals surface area contributed by atoms with Crippen molar-refractivity contribution < 1.29 is 14.3 Å². The number of amides is 2. The molecule has 2 amide bonds. The van der Waals surface area contributed by atoms with Crippen LogP contribution in [0.25, 0.3) is 0 Å². The highest BCUT2D eigenvalue weighted by Crippen LogP contribution is 2.29. The van der Waals surface area contributed by atoms with E-state index < -0.39 is 5.97 Å². The van der Waals surface area contributed by atoms with E-state index in [9.17, 15) is 9.59 Å². The van der Waals surface area contributed by atoms with E-state index in [2.05, 4.69) is 34.4 Å². The van der Waals surface area contributed by atoms with Crippen molar-refractivity contribution in [2.24, 2.45) is 0 Å². The van der Waals surface area contributed by atoms with Gasteiger partial charge in [0.25, 0.3) is 0 Å². The number of thiazole rings is 1. The molecule has 7 nitrogen and oxygen atoms in total. The number of ether oxygens (including phenoxy) is 1. The van der Waals surface area contributed by atoms with Crippen LogP contribution in [0.4, 0.5) is 4.79 Å². The maximum absolute atomic E-state index is 12.1. The maximum Gasteiger partial charge on any atom is 0.337 e. The van der Waals surface area contributed by atoms with E-state index in [0.717, 1.165) is 17.1 Å². The van der Waals surface area contributed by atoms with Crippen molar-refractivity contribution in [1.29, 1.82) is 0 Å². The molecule has 0 radical (unpaired) electrons. The van der Waals surface area contributed by atoms with E-state index in [1.54, 1.807) is 18.3 Å². The first-order valence-corrected chi connectivity index (χ1v) is 9.29. The van der Waals surface area contributed by atoms with Gasteiger partial charge in [-0.05, 0) is 34.2 Å². The van der Waals surface area contributed by atoms with Gasteiger partial charge in [-0.3, -0.25) is 4.90 Å². The molecule has 1 atom stereocenters. The minimum atomic E-state index is -0.395. The summed E-state index contributed by atoms with van der Waals surface area (Å²) in [6.45, 7) is 8.91. The first-order valence-electron chi connectivity index (χ1n) is 8.47. The van der Waals surface area contributed by atoms with Gasteiger partial charge in [0.15, 0.2) is 0 Å². The number of hydrogen-bond donors (Lipinski definition) is 2. The van der Waals surface area contributed by atoms with Crippen LogP contribution in [0.3, 0.4) is 0 Å². The molecule has 1 aliphatic heterocycles. The summed E-state index contributed by atoms with van der Waals surface area (Å²) < 4.78 is 5.10. The summed E-state index contributed by atoms with van der Waals surface area (Å²) in [6, 6.07) is -0.174. The summed E-state index contributed by atoms with van der Waals surface area (Å²) >= 11 is 1.71.